The number of hydrogen-bond acceptors (Lipinski definition) is 6. The van der Waals surface area contributed by atoms with Crippen LogP contribution in [0.4, 0.5) is 0 Å². The molecular formula is C28H54MgO4S2. The van der Waals surface area contributed by atoms with Gasteiger partial charge in [-0.05, 0) is 12.8 Å². The Morgan fingerprint density at radius 2 is 0.686 bits per heavy atom. The summed E-state index contributed by atoms with van der Waals surface area (Å²) in [6.45, 7) is 4.47. The van der Waals surface area contributed by atoms with Crippen molar-refractivity contribution in [3.8, 4) is 0 Å². The maximum atomic E-state index is 10.4. The predicted octanol–water partition coefficient (Wildman–Crippen LogP) is 6.31. The zero-order chi connectivity index (χ0) is 25.9. The molecule has 2 unspecified atom stereocenters. The predicted molar refractivity (Wildman–Crippen MR) is 154 cm³/mol. The zero-order valence-corrected chi connectivity index (χ0v) is 26.1. The summed E-state index contributed by atoms with van der Waals surface area (Å²) in [4.78, 5) is 20.8. The quantitative estimate of drug-likeness (QED) is 0.0850. The molecule has 0 saturated heterocycles. The number of unbranched alkanes of at least 4 members (excludes halogenated alkanes) is 18. The van der Waals surface area contributed by atoms with Crippen LogP contribution in [0.5, 0.6) is 0 Å². The fraction of sp³-hybridized carbons (Fsp3) is 0.929. The Morgan fingerprint density at radius 3 is 0.886 bits per heavy atom. The van der Waals surface area contributed by atoms with E-state index in [4.69, 9.17) is 0 Å². The number of carboxylic acid groups (broad SMARTS) is 2. The third-order valence-electron chi connectivity index (χ3n) is 6.21. The summed E-state index contributed by atoms with van der Waals surface area (Å²) in [5.41, 5.74) is 0. The minimum atomic E-state index is -1.04. The van der Waals surface area contributed by atoms with Crippen LogP contribution in [0.3, 0.4) is 0 Å². The summed E-state index contributed by atoms with van der Waals surface area (Å²) >= 11 is 7.91. The fourth-order valence-corrected chi connectivity index (χ4v) is 4.25. The molecule has 0 amide bonds. The van der Waals surface area contributed by atoms with Gasteiger partial charge in [0.25, 0.3) is 0 Å². The second-order valence-corrected chi connectivity index (χ2v) is 10.9. The third kappa shape index (κ3) is 34.4. The van der Waals surface area contributed by atoms with Crippen LogP contribution in [0.15, 0.2) is 0 Å². The molecule has 0 radical (unpaired) electrons. The van der Waals surface area contributed by atoms with Crippen molar-refractivity contribution in [2.75, 3.05) is 0 Å². The molecule has 35 heavy (non-hydrogen) atoms. The molecule has 0 heterocycles. The molecule has 2 atom stereocenters. The van der Waals surface area contributed by atoms with E-state index in [2.05, 4.69) is 39.1 Å². The topological polar surface area (TPSA) is 80.3 Å². The molecule has 204 valence electrons. The standard InChI is InChI=1S/2C14H28O2S.Mg/c2*1-2-3-4-5-6-7-8-9-10-11-12-13(17)14(15)16;/h2*13,17H,2-12H2,1H3,(H,15,16);/q;;+2/p-2. The van der Waals surface area contributed by atoms with Gasteiger partial charge >= 0.3 is 23.1 Å². The van der Waals surface area contributed by atoms with Crippen LogP contribution in [0.1, 0.15) is 155 Å². The van der Waals surface area contributed by atoms with E-state index >= 15 is 0 Å². The third-order valence-corrected chi connectivity index (χ3v) is 7.14. The van der Waals surface area contributed by atoms with E-state index in [0.717, 1.165) is 25.7 Å². The van der Waals surface area contributed by atoms with Gasteiger partial charge in [0.1, 0.15) is 0 Å². The molecule has 0 aromatic rings. The summed E-state index contributed by atoms with van der Waals surface area (Å²) in [7, 11) is 0. The Kier molecular flexibility index (Phi) is 37.0. The normalized spacial score (nSPS) is 12.2. The molecule has 0 aromatic heterocycles. The number of thiol groups is 2. The molecule has 0 aliphatic heterocycles. The Hall–Kier alpha value is 0.406. The first-order valence-corrected chi connectivity index (χ1v) is 15.2. The van der Waals surface area contributed by atoms with Crippen LogP contribution < -0.4 is 10.2 Å². The molecule has 0 aliphatic carbocycles. The van der Waals surface area contributed by atoms with Gasteiger partial charge in [-0.1, -0.05) is 142 Å². The SMILES string of the molecule is CCCCCCCCCCCCC(S)C(=O)[O-].CCCCCCCCCCCCC(S)C(=O)[O-].[Mg+2]. The average Bonchev–Trinajstić information content (AvgIpc) is 2.81. The summed E-state index contributed by atoms with van der Waals surface area (Å²) in [5, 5.41) is 19.6. The van der Waals surface area contributed by atoms with Crippen LogP contribution in [-0.2, 0) is 9.59 Å². The molecular weight excluding hydrogens is 489 g/mol. The van der Waals surface area contributed by atoms with Crippen LogP contribution in [-0.4, -0.2) is 45.5 Å². The Morgan fingerprint density at radius 1 is 0.486 bits per heavy atom. The Labute approximate surface area is 244 Å². The number of hydrogen-bond donors (Lipinski definition) is 2. The van der Waals surface area contributed by atoms with E-state index in [0.29, 0.717) is 12.8 Å². The van der Waals surface area contributed by atoms with Gasteiger partial charge in [0.2, 0.25) is 0 Å². The largest absolute Gasteiger partial charge is 2.00 e. The second-order valence-electron chi connectivity index (χ2n) is 9.61. The Balaban J connectivity index is -0.000000569. The first kappa shape index (κ1) is 39.9. The first-order valence-electron chi connectivity index (χ1n) is 14.1. The molecule has 0 aliphatic rings. The smallest absolute Gasteiger partial charge is 0.549 e. The maximum absolute atomic E-state index is 10.4. The van der Waals surface area contributed by atoms with Crippen molar-refractivity contribution in [1.82, 2.24) is 0 Å². The van der Waals surface area contributed by atoms with Crippen molar-refractivity contribution in [3.05, 3.63) is 0 Å². The second kappa shape index (κ2) is 32.4. The summed E-state index contributed by atoms with van der Waals surface area (Å²) in [6, 6.07) is 0. The van der Waals surface area contributed by atoms with Crippen LogP contribution >= 0.6 is 25.3 Å². The zero-order valence-electron chi connectivity index (χ0n) is 22.9. The molecule has 0 N–H and O–H groups in total. The molecule has 0 fully saturated rings. The van der Waals surface area contributed by atoms with Crippen molar-refractivity contribution < 1.29 is 19.8 Å². The minimum absolute atomic E-state index is 0. The van der Waals surface area contributed by atoms with Gasteiger partial charge in [-0.3, -0.25) is 0 Å². The molecule has 7 heteroatoms. The van der Waals surface area contributed by atoms with E-state index in [1.165, 1.54) is 103 Å². The van der Waals surface area contributed by atoms with Crippen LogP contribution in [0, 0.1) is 0 Å². The van der Waals surface area contributed by atoms with E-state index in [1.54, 1.807) is 0 Å². The molecule has 0 bridgehead atoms. The summed E-state index contributed by atoms with van der Waals surface area (Å²) in [6.07, 6.45) is 26.7. The monoisotopic (exact) mass is 542 g/mol. The molecule has 0 aromatic carbocycles. The van der Waals surface area contributed by atoms with Gasteiger partial charge in [-0.2, -0.15) is 25.3 Å². The average molecular weight is 543 g/mol. The van der Waals surface area contributed by atoms with Gasteiger partial charge in [-0.15, -0.1) is 0 Å². The van der Waals surface area contributed by atoms with Crippen molar-refractivity contribution >= 4 is 60.2 Å². The summed E-state index contributed by atoms with van der Waals surface area (Å²) < 4.78 is 0. The van der Waals surface area contributed by atoms with Crippen molar-refractivity contribution in [1.29, 1.82) is 0 Å². The Bertz CT molecular complexity index is 413. The van der Waals surface area contributed by atoms with E-state index in [9.17, 15) is 19.8 Å². The summed E-state index contributed by atoms with van der Waals surface area (Å²) in [5.74, 6) is -2.08. The first-order chi connectivity index (χ1) is 16.4. The molecule has 0 saturated carbocycles. The van der Waals surface area contributed by atoms with Crippen molar-refractivity contribution in [2.45, 2.75) is 166 Å². The molecule has 0 spiro atoms. The number of aliphatic carboxylic acids is 2. The number of carbonyl (C=O) groups excluding carboxylic acids is 2. The van der Waals surface area contributed by atoms with E-state index < -0.39 is 22.4 Å². The van der Waals surface area contributed by atoms with Gasteiger partial charge in [0.15, 0.2) is 0 Å². The fourth-order valence-electron chi connectivity index (χ4n) is 3.89. The van der Waals surface area contributed by atoms with E-state index in [-0.39, 0.29) is 23.1 Å². The minimum Gasteiger partial charge on any atom is -0.549 e. The maximum Gasteiger partial charge on any atom is 2.00 e. The van der Waals surface area contributed by atoms with Gasteiger partial charge < -0.3 is 19.8 Å². The van der Waals surface area contributed by atoms with Gasteiger partial charge in [0, 0.05) is 10.5 Å². The number of carbonyl (C=O) groups is 2. The number of carboxylic acids is 2. The molecule has 0 rings (SSSR count). The van der Waals surface area contributed by atoms with Crippen LogP contribution in [0.2, 0.25) is 0 Å². The van der Waals surface area contributed by atoms with Gasteiger partial charge in [-0.25, -0.2) is 0 Å². The van der Waals surface area contributed by atoms with Crippen molar-refractivity contribution in [2.24, 2.45) is 0 Å². The van der Waals surface area contributed by atoms with Crippen LogP contribution in [0.25, 0.3) is 0 Å². The van der Waals surface area contributed by atoms with E-state index in [1.807, 2.05) is 0 Å². The number of rotatable bonds is 24. The van der Waals surface area contributed by atoms with Gasteiger partial charge in [0.05, 0.1) is 11.9 Å². The molecule has 4 nitrogen and oxygen atoms in total. The van der Waals surface area contributed by atoms with Crippen molar-refractivity contribution in [3.63, 3.8) is 0 Å².